The second-order valence-corrected chi connectivity index (χ2v) is 7.00. The lowest BCUT2D eigenvalue weighted by molar-refractivity contribution is -0.384. The monoisotopic (exact) mass is 460 g/mol. The summed E-state index contributed by atoms with van der Waals surface area (Å²) in [5.41, 5.74) is -0.0257. The van der Waals surface area contributed by atoms with Gasteiger partial charge in [-0.3, -0.25) is 10.1 Å². The Morgan fingerprint density at radius 2 is 2.18 bits per heavy atom. The van der Waals surface area contributed by atoms with E-state index in [0.29, 0.717) is 18.6 Å². The first-order chi connectivity index (χ1) is 16.0. The molecule has 0 aliphatic carbocycles. The molecule has 2 aromatic rings. The smallest absolute Gasteiger partial charge is 0.315 e. The molecule has 0 amide bonds. The molecule has 0 bridgehead atoms. The number of aliphatic hydroxyl groups excluding tert-OH is 2. The summed E-state index contributed by atoms with van der Waals surface area (Å²) in [5, 5.41) is 45.5. The molecule has 13 nitrogen and oxygen atoms in total. The third kappa shape index (κ3) is 6.70. The Bertz CT molecular complexity index is 982. The van der Waals surface area contributed by atoms with Crippen LogP contribution in [-0.2, 0) is 9.47 Å². The number of rotatable bonds is 11. The molecule has 1 fully saturated rings. The Labute approximate surface area is 189 Å². The lowest BCUT2D eigenvalue weighted by Crippen LogP contribution is -2.42. The fourth-order valence-corrected chi connectivity index (χ4v) is 3.00. The van der Waals surface area contributed by atoms with Crippen LogP contribution in [0.1, 0.15) is 12.0 Å². The van der Waals surface area contributed by atoms with Gasteiger partial charge in [-0.2, -0.15) is 5.26 Å². The maximum atomic E-state index is 11.7. The molecule has 2 aromatic heterocycles. The topological polar surface area (TPSA) is 185 Å². The molecule has 1 aliphatic rings. The molecule has 13 heteroatoms. The fraction of sp³-hybridized carbons (Fsp3) is 0.450. The van der Waals surface area contributed by atoms with E-state index < -0.39 is 17.1 Å². The van der Waals surface area contributed by atoms with E-state index in [1.807, 2.05) is 6.07 Å². The van der Waals surface area contributed by atoms with E-state index in [-0.39, 0.29) is 61.9 Å². The van der Waals surface area contributed by atoms with E-state index in [1.54, 1.807) is 0 Å². The number of aliphatic hydroxyl groups is 2. The number of nitro groups is 1. The molecule has 0 spiro atoms. The maximum absolute atomic E-state index is 11.7. The molecule has 0 radical (unpaired) electrons. The van der Waals surface area contributed by atoms with Gasteiger partial charge in [0.15, 0.2) is 11.6 Å². The molecule has 0 aromatic carbocycles. The summed E-state index contributed by atoms with van der Waals surface area (Å²) in [7, 11) is 0. The van der Waals surface area contributed by atoms with Crippen LogP contribution in [-0.4, -0.2) is 76.9 Å². The largest absolute Gasteiger partial charge is 0.487 e. The van der Waals surface area contributed by atoms with E-state index in [9.17, 15) is 15.2 Å². The number of pyridine rings is 2. The Balaban J connectivity index is 1.90. The first-order valence-corrected chi connectivity index (χ1v) is 10.2. The molecule has 3 heterocycles. The number of nitriles is 1. The molecule has 1 aliphatic heterocycles. The number of hydrogen-bond donors (Lipinski definition) is 4. The fourth-order valence-electron chi connectivity index (χ4n) is 3.00. The van der Waals surface area contributed by atoms with Gasteiger partial charge in [-0.25, -0.2) is 9.97 Å². The molecule has 176 valence electrons. The third-order valence-corrected chi connectivity index (χ3v) is 4.67. The van der Waals surface area contributed by atoms with Gasteiger partial charge in [0.25, 0.3) is 0 Å². The first kappa shape index (κ1) is 24.1. The second-order valence-electron chi connectivity index (χ2n) is 7.00. The summed E-state index contributed by atoms with van der Waals surface area (Å²) in [4.78, 5) is 19.5. The highest BCUT2D eigenvalue weighted by Gasteiger charge is 2.28. The van der Waals surface area contributed by atoms with Gasteiger partial charge >= 0.3 is 5.69 Å². The zero-order valence-electron chi connectivity index (χ0n) is 17.6. The highest BCUT2D eigenvalue weighted by molar-refractivity contribution is 5.70. The van der Waals surface area contributed by atoms with E-state index in [4.69, 9.17) is 24.6 Å². The Hall–Kier alpha value is -3.57. The molecule has 1 saturated heterocycles. The van der Waals surface area contributed by atoms with Crippen LogP contribution in [0, 0.1) is 21.4 Å². The predicted octanol–water partition coefficient (Wildman–Crippen LogP) is 0.949. The average molecular weight is 460 g/mol. The molecule has 33 heavy (non-hydrogen) atoms. The summed E-state index contributed by atoms with van der Waals surface area (Å²) in [6.07, 6.45) is 1.05. The SMILES string of the molecule is N#Cc1ccc(Nc2nc(NC3COCCC3O)c(OCCOCCO)cc2[N+](=O)[O-])nc1. The highest BCUT2D eigenvalue weighted by atomic mass is 16.6. The summed E-state index contributed by atoms with van der Waals surface area (Å²) >= 11 is 0. The molecule has 2 atom stereocenters. The number of anilines is 3. The van der Waals surface area contributed by atoms with Crippen molar-refractivity contribution in [2.24, 2.45) is 0 Å². The normalized spacial score (nSPS) is 17.7. The van der Waals surface area contributed by atoms with Crippen LogP contribution in [0.4, 0.5) is 23.1 Å². The van der Waals surface area contributed by atoms with Crippen LogP contribution in [0.15, 0.2) is 24.4 Å². The van der Waals surface area contributed by atoms with Crippen molar-refractivity contribution in [3.8, 4) is 11.8 Å². The summed E-state index contributed by atoms with van der Waals surface area (Å²) < 4.78 is 16.2. The standard InChI is InChI=1S/C20H24N6O7/c21-10-13-1-2-18(22-11-13)24-19-15(26(29)30)9-17(33-8-7-31-6-4-27)20(25-19)23-14-12-32-5-3-16(14)28/h1-2,9,11,14,16,27-28H,3-8,12H2,(H2,22,23,24,25). The lowest BCUT2D eigenvalue weighted by atomic mass is 10.1. The van der Waals surface area contributed by atoms with Gasteiger partial charge in [-0.15, -0.1) is 0 Å². The second kappa shape index (κ2) is 11.9. The van der Waals surface area contributed by atoms with Crippen molar-refractivity contribution < 1.29 is 29.3 Å². The van der Waals surface area contributed by atoms with Crippen molar-refractivity contribution in [1.82, 2.24) is 9.97 Å². The predicted molar refractivity (Wildman–Crippen MR) is 115 cm³/mol. The van der Waals surface area contributed by atoms with Gasteiger partial charge in [0.05, 0.1) is 55.1 Å². The van der Waals surface area contributed by atoms with Gasteiger partial charge in [0, 0.05) is 12.8 Å². The van der Waals surface area contributed by atoms with Crippen molar-refractivity contribution >= 4 is 23.1 Å². The zero-order valence-corrected chi connectivity index (χ0v) is 17.6. The Kier molecular flexibility index (Phi) is 8.67. The zero-order chi connectivity index (χ0) is 23.6. The van der Waals surface area contributed by atoms with Crippen molar-refractivity contribution in [3.63, 3.8) is 0 Å². The Morgan fingerprint density at radius 3 is 2.85 bits per heavy atom. The maximum Gasteiger partial charge on any atom is 0.315 e. The minimum Gasteiger partial charge on any atom is -0.487 e. The van der Waals surface area contributed by atoms with E-state index in [0.717, 1.165) is 0 Å². The van der Waals surface area contributed by atoms with Crippen LogP contribution in [0.3, 0.4) is 0 Å². The van der Waals surface area contributed by atoms with Crippen LogP contribution in [0.2, 0.25) is 0 Å². The Morgan fingerprint density at radius 1 is 1.33 bits per heavy atom. The third-order valence-electron chi connectivity index (χ3n) is 4.67. The molecule has 2 unspecified atom stereocenters. The van der Waals surface area contributed by atoms with Gasteiger partial charge in [0.2, 0.25) is 5.82 Å². The van der Waals surface area contributed by atoms with E-state index in [1.165, 1.54) is 24.4 Å². The first-order valence-electron chi connectivity index (χ1n) is 10.2. The number of aromatic nitrogens is 2. The van der Waals surface area contributed by atoms with Crippen molar-refractivity contribution in [2.45, 2.75) is 18.6 Å². The van der Waals surface area contributed by atoms with Crippen molar-refractivity contribution in [2.75, 3.05) is 50.3 Å². The minimum atomic E-state index is -0.701. The minimum absolute atomic E-state index is 0.0567. The quantitative estimate of drug-likeness (QED) is 0.212. The van der Waals surface area contributed by atoms with Crippen LogP contribution in [0.25, 0.3) is 0 Å². The number of ether oxygens (including phenoxy) is 3. The molecular weight excluding hydrogens is 436 g/mol. The summed E-state index contributed by atoms with van der Waals surface area (Å²) in [6, 6.07) is 5.67. The molecular formula is C20H24N6O7. The lowest BCUT2D eigenvalue weighted by Gasteiger charge is -2.29. The summed E-state index contributed by atoms with van der Waals surface area (Å²) in [5.74, 6) is 0.399. The molecule has 0 saturated carbocycles. The van der Waals surface area contributed by atoms with E-state index in [2.05, 4.69) is 20.6 Å². The van der Waals surface area contributed by atoms with Crippen LogP contribution < -0.4 is 15.4 Å². The molecule has 4 N–H and O–H groups in total. The van der Waals surface area contributed by atoms with E-state index >= 15 is 0 Å². The van der Waals surface area contributed by atoms with Gasteiger partial charge < -0.3 is 35.1 Å². The van der Waals surface area contributed by atoms with Crippen LogP contribution in [0.5, 0.6) is 5.75 Å². The average Bonchev–Trinajstić information content (AvgIpc) is 2.81. The molecule has 3 rings (SSSR count). The van der Waals surface area contributed by atoms with Gasteiger partial charge in [-0.05, 0) is 18.6 Å². The van der Waals surface area contributed by atoms with Gasteiger partial charge in [-0.1, -0.05) is 0 Å². The van der Waals surface area contributed by atoms with Crippen molar-refractivity contribution in [1.29, 1.82) is 5.26 Å². The number of nitrogens with zero attached hydrogens (tertiary/aromatic N) is 4. The number of hydrogen-bond acceptors (Lipinski definition) is 12. The van der Waals surface area contributed by atoms with Gasteiger partial charge in [0.1, 0.15) is 18.5 Å². The number of nitrogens with one attached hydrogen (secondary N) is 2. The highest BCUT2D eigenvalue weighted by Crippen LogP contribution is 2.35. The summed E-state index contributed by atoms with van der Waals surface area (Å²) in [6.45, 7) is 0.857. The van der Waals surface area contributed by atoms with Crippen molar-refractivity contribution in [3.05, 3.63) is 40.1 Å². The van der Waals surface area contributed by atoms with Crippen LogP contribution >= 0.6 is 0 Å².